The van der Waals surface area contributed by atoms with E-state index in [9.17, 15) is 9.59 Å². The average Bonchev–Trinajstić information content (AvgIpc) is 3.16. The molecule has 2 amide bonds. The van der Waals surface area contributed by atoms with Crippen molar-refractivity contribution in [1.82, 2.24) is 15.6 Å². The van der Waals surface area contributed by atoms with E-state index < -0.39 is 6.04 Å². The molecular formula is C23H27N3O2S2. The minimum absolute atomic E-state index is 0.130. The maximum Gasteiger partial charge on any atom is 0.251 e. The number of aryl methyl sites for hydroxylation is 2. The Hall–Kier alpha value is -2.38. The van der Waals surface area contributed by atoms with Gasteiger partial charge < -0.3 is 10.6 Å². The normalized spacial score (nSPS) is 11.9. The molecule has 0 aliphatic rings. The Labute approximate surface area is 185 Å². The van der Waals surface area contributed by atoms with Crippen LogP contribution in [0.4, 0.5) is 0 Å². The van der Waals surface area contributed by atoms with Crippen molar-refractivity contribution in [1.29, 1.82) is 0 Å². The highest BCUT2D eigenvalue weighted by Gasteiger charge is 2.21. The number of para-hydroxylation sites is 1. The van der Waals surface area contributed by atoms with Crippen LogP contribution in [0.15, 0.2) is 48.5 Å². The lowest BCUT2D eigenvalue weighted by atomic mass is 10.1. The van der Waals surface area contributed by atoms with Crippen LogP contribution in [-0.4, -0.2) is 41.4 Å². The lowest BCUT2D eigenvalue weighted by Gasteiger charge is -2.18. The summed E-state index contributed by atoms with van der Waals surface area (Å²) in [6.45, 7) is 2.50. The number of carbonyl (C=O) groups excluding carboxylic acids is 2. The minimum Gasteiger partial charge on any atom is -0.354 e. The van der Waals surface area contributed by atoms with Crippen LogP contribution in [0.3, 0.4) is 0 Å². The van der Waals surface area contributed by atoms with Gasteiger partial charge in [0.05, 0.1) is 15.2 Å². The summed E-state index contributed by atoms with van der Waals surface area (Å²) in [5.74, 6) is 0.460. The van der Waals surface area contributed by atoms with Gasteiger partial charge in [-0.2, -0.15) is 11.8 Å². The van der Waals surface area contributed by atoms with Crippen molar-refractivity contribution < 1.29 is 9.59 Å². The Morgan fingerprint density at radius 3 is 2.77 bits per heavy atom. The number of benzene rings is 2. The maximum atomic E-state index is 12.7. The van der Waals surface area contributed by atoms with Crippen molar-refractivity contribution in [3.05, 3.63) is 64.7 Å². The van der Waals surface area contributed by atoms with Crippen molar-refractivity contribution in [2.24, 2.45) is 0 Å². The zero-order chi connectivity index (χ0) is 21.3. The Morgan fingerprint density at radius 2 is 2.00 bits per heavy atom. The molecule has 1 atom stereocenters. The summed E-state index contributed by atoms with van der Waals surface area (Å²) >= 11 is 3.36. The van der Waals surface area contributed by atoms with E-state index in [0.29, 0.717) is 18.5 Å². The predicted molar refractivity (Wildman–Crippen MR) is 126 cm³/mol. The van der Waals surface area contributed by atoms with E-state index in [1.165, 1.54) is 4.70 Å². The van der Waals surface area contributed by atoms with Crippen LogP contribution in [0.25, 0.3) is 10.2 Å². The highest BCUT2D eigenvalue weighted by Crippen LogP contribution is 2.22. The molecule has 30 heavy (non-hydrogen) atoms. The molecule has 1 unspecified atom stereocenters. The summed E-state index contributed by atoms with van der Waals surface area (Å²) < 4.78 is 1.19. The molecule has 0 bridgehead atoms. The Morgan fingerprint density at radius 1 is 1.17 bits per heavy atom. The zero-order valence-electron chi connectivity index (χ0n) is 17.3. The number of aromatic nitrogens is 1. The standard InChI is InChI=1S/C23H27N3O2S2/c1-16-7-5-8-17(15-16)22(27)26-19(12-14-29-2)23(28)24-13-6-11-21-25-18-9-3-4-10-20(18)30-21/h3-5,7-10,15,19H,6,11-14H2,1-2H3,(H,24,28)(H,26,27). The monoisotopic (exact) mass is 441 g/mol. The molecule has 0 saturated heterocycles. The van der Waals surface area contributed by atoms with Gasteiger partial charge in [0.1, 0.15) is 6.04 Å². The second-order valence-electron chi connectivity index (χ2n) is 7.15. The Balaban J connectivity index is 1.50. The number of amides is 2. The van der Waals surface area contributed by atoms with Gasteiger partial charge in [-0.05, 0) is 56.0 Å². The van der Waals surface area contributed by atoms with Crippen LogP contribution in [0.1, 0.15) is 33.8 Å². The SMILES string of the molecule is CSCCC(NC(=O)c1cccc(C)c1)C(=O)NCCCc1nc2ccccc2s1. The first-order valence-electron chi connectivity index (χ1n) is 10.1. The summed E-state index contributed by atoms with van der Waals surface area (Å²) in [5, 5.41) is 6.96. The number of nitrogens with one attached hydrogen (secondary N) is 2. The van der Waals surface area contributed by atoms with Crippen LogP contribution in [0.5, 0.6) is 0 Å². The van der Waals surface area contributed by atoms with E-state index in [1.807, 2.05) is 49.6 Å². The lowest BCUT2D eigenvalue weighted by Crippen LogP contribution is -2.47. The summed E-state index contributed by atoms with van der Waals surface area (Å²) in [4.78, 5) is 29.9. The second-order valence-corrected chi connectivity index (χ2v) is 9.25. The van der Waals surface area contributed by atoms with E-state index in [2.05, 4.69) is 21.7 Å². The van der Waals surface area contributed by atoms with Gasteiger partial charge in [0.15, 0.2) is 0 Å². The number of fused-ring (bicyclic) bond motifs is 1. The van der Waals surface area contributed by atoms with Crippen LogP contribution in [0.2, 0.25) is 0 Å². The fourth-order valence-electron chi connectivity index (χ4n) is 3.13. The van der Waals surface area contributed by atoms with E-state index >= 15 is 0 Å². The van der Waals surface area contributed by atoms with Crippen molar-refractivity contribution in [3.8, 4) is 0 Å². The number of nitrogens with zero attached hydrogens (tertiary/aromatic N) is 1. The number of thioether (sulfide) groups is 1. The quantitative estimate of drug-likeness (QED) is 0.463. The van der Waals surface area contributed by atoms with Gasteiger partial charge in [0, 0.05) is 18.5 Å². The predicted octanol–water partition coefficient (Wildman–Crippen LogP) is 4.21. The smallest absolute Gasteiger partial charge is 0.251 e. The molecule has 0 aliphatic carbocycles. The van der Waals surface area contributed by atoms with E-state index in [-0.39, 0.29) is 11.8 Å². The molecule has 7 heteroatoms. The first kappa shape index (κ1) is 22.3. The molecule has 3 rings (SSSR count). The third-order valence-corrected chi connectivity index (χ3v) is 6.46. The van der Waals surface area contributed by atoms with Crippen molar-refractivity contribution in [2.75, 3.05) is 18.6 Å². The molecule has 2 N–H and O–H groups in total. The fourth-order valence-corrected chi connectivity index (χ4v) is 4.61. The van der Waals surface area contributed by atoms with Gasteiger partial charge in [-0.3, -0.25) is 9.59 Å². The maximum absolute atomic E-state index is 12.7. The molecule has 2 aromatic carbocycles. The van der Waals surface area contributed by atoms with Crippen LogP contribution in [-0.2, 0) is 11.2 Å². The first-order chi connectivity index (χ1) is 14.6. The molecular weight excluding hydrogens is 414 g/mol. The summed E-state index contributed by atoms with van der Waals surface area (Å²) in [6, 6.07) is 15.0. The number of hydrogen-bond acceptors (Lipinski definition) is 5. The van der Waals surface area contributed by atoms with Gasteiger partial charge in [-0.1, -0.05) is 29.8 Å². The molecule has 0 spiro atoms. The highest BCUT2D eigenvalue weighted by molar-refractivity contribution is 7.98. The molecule has 3 aromatic rings. The number of rotatable bonds is 10. The third kappa shape index (κ3) is 6.31. The van der Waals surface area contributed by atoms with Gasteiger partial charge >= 0.3 is 0 Å². The van der Waals surface area contributed by atoms with Crippen molar-refractivity contribution in [3.63, 3.8) is 0 Å². The molecule has 1 heterocycles. The van der Waals surface area contributed by atoms with Crippen molar-refractivity contribution >= 4 is 45.1 Å². The number of thiazole rings is 1. The molecule has 0 saturated carbocycles. The number of hydrogen-bond donors (Lipinski definition) is 2. The Kier molecular flexibility index (Phi) is 8.28. The molecule has 0 fully saturated rings. The second kappa shape index (κ2) is 11.1. The fraction of sp³-hybridized carbons (Fsp3) is 0.348. The van der Waals surface area contributed by atoms with Crippen LogP contribution < -0.4 is 10.6 Å². The molecule has 0 radical (unpaired) electrons. The van der Waals surface area contributed by atoms with Gasteiger partial charge in [-0.25, -0.2) is 4.98 Å². The van der Waals surface area contributed by atoms with E-state index in [4.69, 9.17) is 0 Å². The molecule has 1 aromatic heterocycles. The van der Waals surface area contributed by atoms with E-state index in [0.717, 1.165) is 34.7 Å². The van der Waals surface area contributed by atoms with Crippen LogP contribution in [0, 0.1) is 6.92 Å². The van der Waals surface area contributed by atoms with Gasteiger partial charge in [0.2, 0.25) is 5.91 Å². The molecule has 5 nitrogen and oxygen atoms in total. The van der Waals surface area contributed by atoms with Gasteiger partial charge in [-0.15, -0.1) is 11.3 Å². The highest BCUT2D eigenvalue weighted by atomic mass is 32.2. The summed E-state index contributed by atoms with van der Waals surface area (Å²) in [6.07, 6.45) is 4.23. The van der Waals surface area contributed by atoms with Crippen LogP contribution >= 0.6 is 23.1 Å². The summed E-state index contributed by atoms with van der Waals surface area (Å²) in [5.41, 5.74) is 2.62. The van der Waals surface area contributed by atoms with E-state index in [1.54, 1.807) is 29.2 Å². The largest absolute Gasteiger partial charge is 0.354 e. The third-order valence-electron chi connectivity index (χ3n) is 4.72. The van der Waals surface area contributed by atoms with Crippen molar-refractivity contribution in [2.45, 2.75) is 32.2 Å². The minimum atomic E-state index is -0.534. The Bertz CT molecular complexity index is 970. The zero-order valence-corrected chi connectivity index (χ0v) is 18.9. The molecule has 0 aliphatic heterocycles. The number of carbonyl (C=O) groups is 2. The summed E-state index contributed by atoms with van der Waals surface area (Å²) in [7, 11) is 0. The topological polar surface area (TPSA) is 71.1 Å². The molecule has 158 valence electrons. The average molecular weight is 442 g/mol. The van der Waals surface area contributed by atoms with Gasteiger partial charge in [0.25, 0.3) is 5.91 Å². The first-order valence-corrected chi connectivity index (χ1v) is 12.3. The lowest BCUT2D eigenvalue weighted by molar-refractivity contribution is -0.123.